The number of hydrogen-bond donors (Lipinski definition) is 2. The maximum atomic E-state index is 9.81. The van der Waals surface area contributed by atoms with Crippen molar-refractivity contribution in [1.29, 1.82) is 0 Å². The molecule has 0 aliphatic heterocycles. The number of aromatic nitrogens is 2. The van der Waals surface area contributed by atoms with Crippen molar-refractivity contribution in [2.75, 3.05) is 5.73 Å². The molecule has 0 spiro atoms. The topological polar surface area (TPSA) is 72.0 Å². The molecule has 84 valence electrons. The van der Waals surface area contributed by atoms with Gasteiger partial charge in [0.1, 0.15) is 0 Å². The molecule has 0 atom stereocenters. The summed E-state index contributed by atoms with van der Waals surface area (Å²) in [6, 6.07) is 0. The highest BCUT2D eigenvalue weighted by molar-refractivity contribution is 8.01. The first-order valence-electron chi connectivity index (χ1n) is 5.03. The molecule has 1 aliphatic rings. The van der Waals surface area contributed by atoms with Crippen molar-refractivity contribution in [2.24, 2.45) is 0 Å². The van der Waals surface area contributed by atoms with Crippen molar-refractivity contribution in [3.8, 4) is 0 Å². The van der Waals surface area contributed by atoms with Gasteiger partial charge in [0.2, 0.25) is 5.13 Å². The van der Waals surface area contributed by atoms with Gasteiger partial charge in [-0.15, -0.1) is 10.2 Å². The Morgan fingerprint density at radius 1 is 1.47 bits per heavy atom. The van der Waals surface area contributed by atoms with E-state index >= 15 is 0 Å². The molecule has 0 radical (unpaired) electrons. The maximum Gasteiger partial charge on any atom is 0.203 e. The number of anilines is 1. The Hall–Kier alpha value is -0.330. The third-order valence-corrected chi connectivity index (χ3v) is 4.87. The van der Waals surface area contributed by atoms with Gasteiger partial charge in [-0.05, 0) is 32.6 Å². The van der Waals surface area contributed by atoms with Crippen molar-refractivity contribution in [3.63, 3.8) is 0 Å². The van der Waals surface area contributed by atoms with Crippen LogP contribution in [0.4, 0.5) is 5.13 Å². The monoisotopic (exact) mass is 245 g/mol. The Balaban J connectivity index is 1.87. The van der Waals surface area contributed by atoms with E-state index in [1.807, 2.05) is 6.92 Å². The summed E-state index contributed by atoms with van der Waals surface area (Å²) in [5.41, 5.74) is 5.06. The average molecular weight is 245 g/mol. The molecule has 0 amide bonds. The maximum absolute atomic E-state index is 9.81. The minimum Gasteiger partial charge on any atom is -0.390 e. The smallest absolute Gasteiger partial charge is 0.203 e. The molecule has 1 aromatic heterocycles. The molecule has 6 heteroatoms. The zero-order chi connectivity index (χ0) is 10.9. The zero-order valence-electron chi connectivity index (χ0n) is 8.64. The summed E-state index contributed by atoms with van der Waals surface area (Å²) < 4.78 is 0.944. The Labute approximate surface area is 97.3 Å². The minimum absolute atomic E-state index is 0.461. The van der Waals surface area contributed by atoms with E-state index in [1.54, 1.807) is 11.8 Å². The number of hydrogen-bond acceptors (Lipinski definition) is 6. The van der Waals surface area contributed by atoms with E-state index in [0.29, 0.717) is 10.4 Å². The first-order chi connectivity index (χ1) is 7.05. The Morgan fingerprint density at radius 2 is 2.13 bits per heavy atom. The van der Waals surface area contributed by atoms with Crippen LogP contribution in [0.15, 0.2) is 4.34 Å². The van der Waals surface area contributed by atoms with Crippen LogP contribution in [0.25, 0.3) is 0 Å². The van der Waals surface area contributed by atoms with Crippen LogP contribution in [0.1, 0.15) is 32.6 Å². The molecule has 0 aromatic carbocycles. The van der Waals surface area contributed by atoms with E-state index in [4.69, 9.17) is 5.73 Å². The van der Waals surface area contributed by atoms with Crippen LogP contribution < -0.4 is 5.73 Å². The fraction of sp³-hybridized carbons (Fsp3) is 0.778. The molecule has 1 fully saturated rings. The normalized spacial score (nSPS) is 31.7. The highest BCUT2D eigenvalue weighted by atomic mass is 32.2. The van der Waals surface area contributed by atoms with Crippen LogP contribution in [0, 0.1) is 0 Å². The van der Waals surface area contributed by atoms with Crippen LogP contribution in [0.5, 0.6) is 0 Å². The van der Waals surface area contributed by atoms with Gasteiger partial charge in [0, 0.05) is 5.25 Å². The van der Waals surface area contributed by atoms with E-state index in [-0.39, 0.29) is 0 Å². The van der Waals surface area contributed by atoms with E-state index < -0.39 is 5.60 Å². The van der Waals surface area contributed by atoms with Gasteiger partial charge in [-0.2, -0.15) is 0 Å². The molecule has 2 rings (SSSR count). The zero-order valence-corrected chi connectivity index (χ0v) is 10.3. The highest BCUT2D eigenvalue weighted by Gasteiger charge is 2.29. The van der Waals surface area contributed by atoms with Crippen LogP contribution in [0.3, 0.4) is 0 Å². The van der Waals surface area contributed by atoms with Crippen LogP contribution in [-0.4, -0.2) is 26.2 Å². The van der Waals surface area contributed by atoms with Gasteiger partial charge < -0.3 is 10.8 Å². The van der Waals surface area contributed by atoms with Crippen molar-refractivity contribution in [2.45, 2.75) is 47.8 Å². The van der Waals surface area contributed by atoms with Gasteiger partial charge in [0.05, 0.1) is 5.60 Å². The number of aliphatic hydroxyl groups is 1. The Bertz CT molecular complexity index is 330. The van der Waals surface area contributed by atoms with Gasteiger partial charge in [0.15, 0.2) is 4.34 Å². The second-order valence-corrected chi connectivity index (χ2v) is 6.78. The standard InChI is InChI=1S/C9H15N3OS2/c1-9(13)4-2-6(3-5-9)14-8-12-11-7(10)15-8/h6,13H,2-5H2,1H3,(H2,10,11). The summed E-state index contributed by atoms with van der Waals surface area (Å²) in [4.78, 5) is 0. The molecule has 0 saturated heterocycles. The predicted molar refractivity (Wildman–Crippen MR) is 63.1 cm³/mol. The molecule has 0 bridgehead atoms. The van der Waals surface area contributed by atoms with E-state index in [0.717, 1.165) is 30.0 Å². The molecule has 1 heterocycles. The van der Waals surface area contributed by atoms with Crippen LogP contribution in [0.2, 0.25) is 0 Å². The Kier molecular flexibility index (Phi) is 3.18. The summed E-state index contributed by atoms with van der Waals surface area (Å²) >= 11 is 3.18. The summed E-state index contributed by atoms with van der Waals surface area (Å²) in [5, 5.41) is 18.7. The van der Waals surface area contributed by atoms with Crippen molar-refractivity contribution >= 4 is 28.2 Å². The lowest BCUT2D eigenvalue weighted by molar-refractivity contribution is 0.0240. The lowest BCUT2D eigenvalue weighted by atomic mass is 9.86. The number of nitrogen functional groups attached to an aromatic ring is 1. The third-order valence-electron chi connectivity index (χ3n) is 2.70. The lowest BCUT2D eigenvalue weighted by Crippen LogP contribution is -2.31. The molecule has 0 unspecified atom stereocenters. The summed E-state index contributed by atoms with van der Waals surface area (Å²) in [5.74, 6) is 0. The quantitative estimate of drug-likeness (QED) is 0.832. The molecule has 1 saturated carbocycles. The van der Waals surface area contributed by atoms with E-state index in [1.165, 1.54) is 11.3 Å². The highest BCUT2D eigenvalue weighted by Crippen LogP contribution is 2.38. The molecular formula is C9H15N3OS2. The molecule has 3 N–H and O–H groups in total. The minimum atomic E-state index is -0.461. The average Bonchev–Trinajstić information content (AvgIpc) is 2.55. The van der Waals surface area contributed by atoms with Gasteiger partial charge in [-0.25, -0.2) is 0 Å². The largest absolute Gasteiger partial charge is 0.390 e. The van der Waals surface area contributed by atoms with Gasteiger partial charge in [-0.3, -0.25) is 0 Å². The van der Waals surface area contributed by atoms with Crippen molar-refractivity contribution < 1.29 is 5.11 Å². The molecular weight excluding hydrogens is 230 g/mol. The fourth-order valence-corrected chi connectivity index (χ4v) is 3.79. The predicted octanol–water partition coefficient (Wildman–Crippen LogP) is 1.91. The first-order valence-corrected chi connectivity index (χ1v) is 6.73. The molecule has 1 aliphatic carbocycles. The summed E-state index contributed by atoms with van der Waals surface area (Å²) in [7, 11) is 0. The van der Waals surface area contributed by atoms with Crippen LogP contribution >= 0.6 is 23.1 Å². The van der Waals surface area contributed by atoms with Crippen LogP contribution in [-0.2, 0) is 0 Å². The number of thioether (sulfide) groups is 1. The number of nitrogens with zero attached hydrogens (tertiary/aromatic N) is 2. The summed E-state index contributed by atoms with van der Waals surface area (Å²) in [6.45, 7) is 1.91. The third kappa shape index (κ3) is 3.06. The van der Waals surface area contributed by atoms with Gasteiger partial charge >= 0.3 is 0 Å². The SMILES string of the molecule is CC1(O)CCC(Sc2nnc(N)s2)CC1. The van der Waals surface area contributed by atoms with Gasteiger partial charge in [0.25, 0.3) is 0 Å². The first kappa shape index (κ1) is 11.2. The molecule has 1 aromatic rings. The number of rotatable bonds is 2. The van der Waals surface area contributed by atoms with E-state index in [9.17, 15) is 5.11 Å². The van der Waals surface area contributed by atoms with E-state index in [2.05, 4.69) is 10.2 Å². The second-order valence-electron chi connectivity index (χ2n) is 4.22. The molecule has 15 heavy (non-hydrogen) atoms. The number of nitrogens with two attached hydrogens (primary N) is 1. The molecule has 4 nitrogen and oxygen atoms in total. The Morgan fingerprint density at radius 3 is 2.67 bits per heavy atom. The summed E-state index contributed by atoms with van der Waals surface area (Å²) in [6.07, 6.45) is 3.83. The lowest BCUT2D eigenvalue weighted by Gasteiger charge is -2.32. The van der Waals surface area contributed by atoms with Crippen molar-refractivity contribution in [1.82, 2.24) is 10.2 Å². The second kappa shape index (κ2) is 4.27. The van der Waals surface area contributed by atoms with Crippen molar-refractivity contribution in [3.05, 3.63) is 0 Å². The fourth-order valence-electron chi connectivity index (χ4n) is 1.74. The van der Waals surface area contributed by atoms with Gasteiger partial charge in [-0.1, -0.05) is 23.1 Å².